The highest BCUT2D eigenvalue weighted by atomic mass is 15.0. The van der Waals surface area contributed by atoms with Gasteiger partial charge in [-0.15, -0.1) is 0 Å². The van der Waals surface area contributed by atoms with Crippen molar-refractivity contribution < 1.29 is 0 Å². The van der Waals surface area contributed by atoms with Crippen LogP contribution in [0.1, 0.15) is 28.4 Å². The van der Waals surface area contributed by atoms with Crippen molar-refractivity contribution in [3.63, 3.8) is 0 Å². The number of pyridine rings is 1. The molecule has 2 heteroatoms. The first-order valence-corrected chi connectivity index (χ1v) is 12.5. The number of nitrogens with one attached hydrogen (secondary N) is 1. The number of anilines is 1. The zero-order valence-electron chi connectivity index (χ0n) is 20.4. The Balaban J connectivity index is 1.59. The highest BCUT2D eigenvalue weighted by molar-refractivity contribution is 6.11. The van der Waals surface area contributed by atoms with Crippen LogP contribution in [0.15, 0.2) is 109 Å². The lowest BCUT2D eigenvalue weighted by Gasteiger charge is -2.23. The van der Waals surface area contributed by atoms with Gasteiger partial charge in [0, 0.05) is 16.8 Å². The first-order chi connectivity index (χ1) is 17.7. The van der Waals surface area contributed by atoms with Crippen LogP contribution in [0.5, 0.6) is 0 Å². The lowest BCUT2D eigenvalue weighted by Crippen LogP contribution is -2.15. The summed E-state index contributed by atoms with van der Waals surface area (Å²) in [5.41, 5.74) is 10.7. The van der Waals surface area contributed by atoms with Crippen LogP contribution in [0.2, 0.25) is 0 Å². The van der Waals surface area contributed by atoms with Gasteiger partial charge in [0.05, 0.1) is 17.4 Å². The van der Waals surface area contributed by atoms with E-state index < -0.39 is 0 Å². The van der Waals surface area contributed by atoms with Crippen LogP contribution in [-0.4, -0.2) is 4.98 Å². The number of hydrogen-bond donors (Lipinski definition) is 1. The molecule has 6 aromatic rings. The second-order valence-corrected chi connectivity index (χ2v) is 9.81. The molecule has 0 bridgehead atoms. The summed E-state index contributed by atoms with van der Waals surface area (Å²) in [6, 6.07) is 39.1. The molecule has 0 saturated carbocycles. The Morgan fingerprint density at radius 1 is 0.667 bits per heavy atom. The zero-order valence-corrected chi connectivity index (χ0v) is 20.4. The molecule has 0 amide bonds. The van der Waals surface area contributed by atoms with E-state index in [9.17, 15) is 0 Å². The van der Waals surface area contributed by atoms with E-state index in [2.05, 4.69) is 122 Å². The maximum absolute atomic E-state index is 5.23. The predicted octanol–water partition coefficient (Wildman–Crippen LogP) is 8.85. The monoisotopic (exact) mass is 462 g/mol. The minimum absolute atomic E-state index is 0.0916. The summed E-state index contributed by atoms with van der Waals surface area (Å²) in [5, 5.41) is 9.08. The van der Waals surface area contributed by atoms with Crippen molar-refractivity contribution in [3.05, 3.63) is 132 Å². The molecule has 0 aliphatic carbocycles. The highest BCUT2D eigenvalue weighted by Gasteiger charge is 2.28. The van der Waals surface area contributed by atoms with E-state index in [4.69, 9.17) is 4.98 Å². The van der Waals surface area contributed by atoms with E-state index in [1.807, 2.05) is 6.07 Å². The smallest absolute Gasteiger partial charge is 0.0952 e. The molecule has 0 spiro atoms. The molecule has 7 rings (SSSR count). The van der Waals surface area contributed by atoms with Crippen LogP contribution in [0.4, 0.5) is 5.69 Å². The van der Waals surface area contributed by atoms with Gasteiger partial charge in [-0.1, -0.05) is 90.5 Å². The van der Waals surface area contributed by atoms with Gasteiger partial charge in [0.25, 0.3) is 0 Å². The number of aromatic nitrogens is 1. The summed E-state index contributed by atoms with van der Waals surface area (Å²) in [6.45, 7) is 4.39. The lowest BCUT2D eigenvalue weighted by atomic mass is 9.87. The third-order valence-corrected chi connectivity index (χ3v) is 7.41. The molecule has 1 atom stereocenters. The molecule has 1 unspecified atom stereocenters. The summed E-state index contributed by atoms with van der Waals surface area (Å²) >= 11 is 0. The number of aryl methyl sites for hydroxylation is 2. The topological polar surface area (TPSA) is 24.9 Å². The summed E-state index contributed by atoms with van der Waals surface area (Å²) in [6.07, 6.45) is 0. The fourth-order valence-corrected chi connectivity index (χ4v) is 5.88. The molecular weight excluding hydrogens is 436 g/mol. The molecule has 1 aromatic heterocycles. The van der Waals surface area contributed by atoms with Crippen LogP contribution >= 0.6 is 0 Å². The van der Waals surface area contributed by atoms with Gasteiger partial charge in [0.1, 0.15) is 0 Å². The van der Waals surface area contributed by atoms with E-state index >= 15 is 0 Å². The molecule has 0 fully saturated rings. The first-order valence-electron chi connectivity index (χ1n) is 12.5. The van der Waals surface area contributed by atoms with Gasteiger partial charge >= 0.3 is 0 Å². The standard InChI is InChI=1S/C34H26N2/c1-21-18-22(2)33-28(19-21)27-15-8-13-25-20-24-12-6-7-14-26(24)32(31(25)27)34(36-33)30-17-9-16-29(35-30)23-10-4-3-5-11-23/h3-20,34,36H,1-2H3. The molecule has 36 heavy (non-hydrogen) atoms. The van der Waals surface area contributed by atoms with E-state index in [1.165, 1.54) is 55.0 Å². The van der Waals surface area contributed by atoms with Crippen molar-refractivity contribution in [2.45, 2.75) is 19.9 Å². The molecule has 0 radical (unpaired) electrons. The van der Waals surface area contributed by atoms with E-state index in [0.717, 1.165) is 17.0 Å². The van der Waals surface area contributed by atoms with Crippen LogP contribution in [0, 0.1) is 13.8 Å². The van der Waals surface area contributed by atoms with Gasteiger partial charge < -0.3 is 5.32 Å². The van der Waals surface area contributed by atoms with E-state index in [1.54, 1.807) is 0 Å². The molecule has 1 aliphatic rings. The molecule has 1 N–H and O–H groups in total. The quantitative estimate of drug-likeness (QED) is 0.260. The Bertz CT molecular complexity index is 1780. The number of hydrogen-bond acceptors (Lipinski definition) is 2. The third kappa shape index (κ3) is 3.22. The van der Waals surface area contributed by atoms with Crippen molar-refractivity contribution in [2.75, 3.05) is 5.32 Å². The van der Waals surface area contributed by atoms with Crippen molar-refractivity contribution in [1.29, 1.82) is 0 Å². The minimum atomic E-state index is -0.0916. The van der Waals surface area contributed by atoms with Gasteiger partial charge in [-0.05, 0) is 76.3 Å². The van der Waals surface area contributed by atoms with Gasteiger partial charge in [-0.2, -0.15) is 0 Å². The zero-order chi connectivity index (χ0) is 24.2. The Labute approximate surface area is 211 Å². The van der Waals surface area contributed by atoms with Crippen LogP contribution in [-0.2, 0) is 0 Å². The van der Waals surface area contributed by atoms with Crippen molar-refractivity contribution in [3.8, 4) is 22.4 Å². The van der Waals surface area contributed by atoms with Crippen molar-refractivity contribution in [2.24, 2.45) is 0 Å². The van der Waals surface area contributed by atoms with Gasteiger partial charge in [-0.25, -0.2) is 0 Å². The lowest BCUT2D eigenvalue weighted by molar-refractivity contribution is 0.906. The van der Waals surface area contributed by atoms with Gasteiger partial charge in [0.15, 0.2) is 0 Å². The normalized spacial score (nSPS) is 14.3. The number of nitrogens with zero attached hydrogens (tertiary/aromatic N) is 1. The maximum atomic E-state index is 5.23. The molecular formula is C34H26N2. The summed E-state index contributed by atoms with van der Waals surface area (Å²) in [7, 11) is 0. The Morgan fingerprint density at radius 2 is 1.44 bits per heavy atom. The van der Waals surface area contributed by atoms with Crippen LogP contribution < -0.4 is 5.32 Å². The molecule has 1 aliphatic heterocycles. The third-order valence-electron chi connectivity index (χ3n) is 7.41. The Kier molecular flexibility index (Phi) is 4.68. The molecule has 0 saturated heterocycles. The Morgan fingerprint density at radius 3 is 2.33 bits per heavy atom. The summed E-state index contributed by atoms with van der Waals surface area (Å²) in [5.74, 6) is 0. The summed E-state index contributed by atoms with van der Waals surface area (Å²) in [4.78, 5) is 5.23. The fourth-order valence-electron chi connectivity index (χ4n) is 5.88. The number of fused-ring (bicyclic) bond motifs is 4. The average Bonchev–Trinajstić information content (AvgIpc) is 3.06. The maximum Gasteiger partial charge on any atom is 0.0952 e. The van der Waals surface area contributed by atoms with Crippen molar-refractivity contribution >= 4 is 27.2 Å². The van der Waals surface area contributed by atoms with E-state index in [-0.39, 0.29) is 6.04 Å². The van der Waals surface area contributed by atoms with E-state index in [0.29, 0.717) is 0 Å². The molecule has 2 nitrogen and oxygen atoms in total. The second kappa shape index (κ2) is 8.07. The SMILES string of the molecule is Cc1cc(C)c2c(c1)-c1cccc3cc4ccccc4c(c13)C(c1cccc(-c3ccccc3)n1)N2. The molecule has 5 aromatic carbocycles. The average molecular weight is 463 g/mol. The minimum Gasteiger partial charge on any atom is -0.372 e. The molecule has 2 heterocycles. The van der Waals surface area contributed by atoms with Crippen molar-refractivity contribution in [1.82, 2.24) is 4.98 Å². The Hall–Kier alpha value is -4.43. The van der Waals surface area contributed by atoms with Crippen LogP contribution in [0.25, 0.3) is 43.9 Å². The first kappa shape index (κ1) is 20.9. The number of benzene rings is 5. The van der Waals surface area contributed by atoms with Crippen LogP contribution in [0.3, 0.4) is 0 Å². The predicted molar refractivity (Wildman–Crippen MR) is 152 cm³/mol. The summed E-state index contributed by atoms with van der Waals surface area (Å²) < 4.78 is 0. The van der Waals surface area contributed by atoms with Gasteiger partial charge in [-0.3, -0.25) is 4.98 Å². The number of rotatable bonds is 2. The largest absolute Gasteiger partial charge is 0.372 e. The second-order valence-electron chi connectivity index (χ2n) is 9.81. The van der Waals surface area contributed by atoms with Gasteiger partial charge in [0.2, 0.25) is 0 Å². The fraction of sp³-hybridized carbons (Fsp3) is 0.0882. The highest BCUT2D eigenvalue weighted by Crippen LogP contribution is 2.47. The molecule has 172 valence electrons.